The molecule has 6 heteroatoms. The molecule has 0 saturated carbocycles. The summed E-state index contributed by atoms with van der Waals surface area (Å²) in [5.74, 6) is -0.391. The summed E-state index contributed by atoms with van der Waals surface area (Å²) in [5.41, 5.74) is 1.67. The average molecular weight is 336 g/mol. The van der Waals surface area contributed by atoms with Crippen LogP contribution in [0.4, 0.5) is 4.39 Å². The number of carbonyl (C=O) groups excluding carboxylic acids is 1. The molecule has 1 amide bonds. The highest BCUT2D eigenvalue weighted by atomic mass is 35.5. The van der Waals surface area contributed by atoms with Crippen LogP contribution in [0, 0.1) is 12.7 Å². The van der Waals surface area contributed by atoms with E-state index in [2.05, 4.69) is 5.10 Å². The van der Waals surface area contributed by atoms with Gasteiger partial charge in [0.1, 0.15) is 11.0 Å². The van der Waals surface area contributed by atoms with E-state index in [9.17, 15) is 9.18 Å². The number of halogens is 2. The van der Waals surface area contributed by atoms with Crippen LogP contribution in [0.5, 0.6) is 0 Å². The second kappa shape index (κ2) is 6.71. The molecule has 0 aliphatic carbocycles. The molecule has 1 saturated heterocycles. The first kappa shape index (κ1) is 16.0. The largest absolute Gasteiger partial charge is 0.338 e. The number of benzene rings is 1. The van der Waals surface area contributed by atoms with E-state index in [0.717, 1.165) is 38.8 Å². The number of hydrogen-bond acceptors (Lipinski definition) is 2. The fourth-order valence-electron chi connectivity index (χ4n) is 2.93. The van der Waals surface area contributed by atoms with E-state index in [-0.39, 0.29) is 16.9 Å². The van der Waals surface area contributed by atoms with Gasteiger partial charge in [0.15, 0.2) is 0 Å². The Labute approximate surface area is 139 Å². The maximum atomic E-state index is 13.1. The van der Waals surface area contributed by atoms with Crippen molar-refractivity contribution in [1.82, 2.24) is 14.7 Å². The van der Waals surface area contributed by atoms with Crippen molar-refractivity contribution < 1.29 is 9.18 Å². The van der Waals surface area contributed by atoms with Crippen molar-refractivity contribution in [1.29, 1.82) is 0 Å². The minimum Gasteiger partial charge on any atom is -0.338 e. The third-order valence-electron chi connectivity index (χ3n) is 4.18. The van der Waals surface area contributed by atoms with E-state index in [1.807, 2.05) is 4.90 Å². The summed E-state index contributed by atoms with van der Waals surface area (Å²) in [5, 5.41) is 4.65. The second-order valence-corrected chi connectivity index (χ2v) is 6.20. The van der Waals surface area contributed by atoms with Crippen LogP contribution in [0.25, 0.3) is 5.69 Å². The third-order valence-corrected chi connectivity index (χ3v) is 4.53. The zero-order valence-corrected chi connectivity index (χ0v) is 13.8. The van der Waals surface area contributed by atoms with Gasteiger partial charge in [-0.05, 0) is 44.0 Å². The fourth-order valence-corrected chi connectivity index (χ4v) is 3.28. The molecule has 1 aromatic heterocycles. The normalized spacial score (nSPS) is 15.5. The predicted molar refractivity (Wildman–Crippen MR) is 87.6 cm³/mol. The highest BCUT2D eigenvalue weighted by molar-refractivity contribution is 6.33. The van der Waals surface area contributed by atoms with Crippen molar-refractivity contribution in [2.24, 2.45) is 0 Å². The predicted octanol–water partition coefficient (Wildman–Crippen LogP) is 3.99. The number of amides is 1. The molecule has 0 atom stereocenters. The molecule has 1 fully saturated rings. The van der Waals surface area contributed by atoms with Gasteiger partial charge in [0.25, 0.3) is 5.91 Å². The average Bonchev–Trinajstić information content (AvgIpc) is 2.73. The molecular weight excluding hydrogens is 317 g/mol. The van der Waals surface area contributed by atoms with Crippen molar-refractivity contribution in [2.75, 3.05) is 13.1 Å². The van der Waals surface area contributed by atoms with Crippen LogP contribution in [0.15, 0.2) is 24.3 Å². The van der Waals surface area contributed by atoms with Crippen molar-refractivity contribution in [3.05, 3.63) is 46.5 Å². The Hall–Kier alpha value is -1.88. The van der Waals surface area contributed by atoms with Gasteiger partial charge < -0.3 is 4.90 Å². The Balaban J connectivity index is 1.94. The quantitative estimate of drug-likeness (QED) is 0.832. The first-order chi connectivity index (χ1) is 11.1. The number of carbonyl (C=O) groups is 1. The maximum Gasteiger partial charge on any atom is 0.258 e. The van der Waals surface area contributed by atoms with Gasteiger partial charge in [-0.15, -0.1) is 0 Å². The standard InChI is InChI=1S/C17H19ClFN3O/c1-12-15(17(23)21-10-4-2-3-5-11-21)16(18)22(20-12)14-8-6-13(19)7-9-14/h6-9H,2-5,10-11H2,1H3. The third kappa shape index (κ3) is 3.24. The summed E-state index contributed by atoms with van der Waals surface area (Å²) in [7, 11) is 0. The van der Waals surface area contributed by atoms with Gasteiger partial charge in [-0.2, -0.15) is 5.10 Å². The first-order valence-electron chi connectivity index (χ1n) is 7.88. The van der Waals surface area contributed by atoms with Crippen LogP contribution in [0.2, 0.25) is 5.15 Å². The summed E-state index contributed by atoms with van der Waals surface area (Å²) in [4.78, 5) is 14.7. The number of aromatic nitrogens is 2. The Kier molecular flexibility index (Phi) is 4.66. The molecule has 0 spiro atoms. The van der Waals surface area contributed by atoms with E-state index in [4.69, 9.17) is 11.6 Å². The Morgan fingerprint density at radius 1 is 1.13 bits per heavy atom. The molecule has 1 aromatic carbocycles. The molecule has 0 N–H and O–H groups in total. The van der Waals surface area contributed by atoms with Gasteiger partial charge in [-0.3, -0.25) is 4.79 Å². The Morgan fingerprint density at radius 3 is 2.35 bits per heavy atom. The van der Waals surface area contributed by atoms with Gasteiger partial charge >= 0.3 is 0 Å². The zero-order valence-electron chi connectivity index (χ0n) is 13.1. The van der Waals surface area contributed by atoms with Crippen LogP contribution in [-0.4, -0.2) is 33.7 Å². The molecule has 23 heavy (non-hydrogen) atoms. The number of nitrogens with zero attached hydrogens (tertiary/aromatic N) is 3. The molecule has 4 nitrogen and oxygen atoms in total. The lowest BCUT2D eigenvalue weighted by Gasteiger charge is -2.20. The lowest BCUT2D eigenvalue weighted by Crippen LogP contribution is -2.32. The smallest absolute Gasteiger partial charge is 0.258 e. The maximum absolute atomic E-state index is 13.1. The van der Waals surface area contributed by atoms with Gasteiger partial charge in [0.05, 0.1) is 16.9 Å². The minimum absolute atomic E-state index is 0.0669. The molecular formula is C17H19ClFN3O. The first-order valence-corrected chi connectivity index (χ1v) is 8.26. The van der Waals surface area contributed by atoms with Gasteiger partial charge in [0.2, 0.25) is 0 Å². The van der Waals surface area contributed by atoms with Crippen molar-refractivity contribution in [2.45, 2.75) is 32.6 Å². The summed E-state index contributed by atoms with van der Waals surface area (Å²) in [6, 6.07) is 5.87. The lowest BCUT2D eigenvalue weighted by atomic mass is 10.2. The number of rotatable bonds is 2. The number of hydrogen-bond donors (Lipinski definition) is 0. The Bertz CT molecular complexity index is 703. The van der Waals surface area contributed by atoms with Crippen molar-refractivity contribution >= 4 is 17.5 Å². The highest BCUT2D eigenvalue weighted by Gasteiger charge is 2.26. The van der Waals surface area contributed by atoms with Crippen LogP contribution >= 0.6 is 11.6 Å². The molecule has 0 radical (unpaired) electrons. The molecule has 2 heterocycles. The SMILES string of the molecule is Cc1nn(-c2ccc(F)cc2)c(Cl)c1C(=O)N1CCCCCC1. The summed E-state index contributed by atoms with van der Waals surface area (Å²) in [6.45, 7) is 3.30. The number of aryl methyl sites for hydroxylation is 1. The van der Waals surface area contributed by atoms with Crippen LogP contribution in [0.3, 0.4) is 0 Å². The summed E-state index contributed by atoms with van der Waals surface area (Å²) >= 11 is 6.42. The molecule has 1 aliphatic rings. The summed E-state index contributed by atoms with van der Waals surface area (Å²) in [6.07, 6.45) is 4.36. The van der Waals surface area contributed by atoms with Gasteiger partial charge in [-0.25, -0.2) is 9.07 Å². The van der Waals surface area contributed by atoms with E-state index < -0.39 is 0 Å². The van der Waals surface area contributed by atoms with E-state index in [0.29, 0.717) is 16.9 Å². The van der Waals surface area contributed by atoms with Crippen molar-refractivity contribution in [3.8, 4) is 5.69 Å². The lowest BCUT2D eigenvalue weighted by molar-refractivity contribution is 0.0761. The van der Waals surface area contributed by atoms with Gasteiger partial charge in [0, 0.05) is 13.1 Å². The van der Waals surface area contributed by atoms with E-state index >= 15 is 0 Å². The van der Waals surface area contributed by atoms with E-state index in [1.54, 1.807) is 19.1 Å². The van der Waals surface area contributed by atoms with Crippen LogP contribution in [0.1, 0.15) is 41.7 Å². The van der Waals surface area contributed by atoms with Crippen LogP contribution < -0.4 is 0 Å². The topological polar surface area (TPSA) is 38.1 Å². The van der Waals surface area contributed by atoms with Crippen LogP contribution in [-0.2, 0) is 0 Å². The fraction of sp³-hybridized carbons (Fsp3) is 0.412. The van der Waals surface area contributed by atoms with Gasteiger partial charge in [-0.1, -0.05) is 24.4 Å². The second-order valence-electron chi connectivity index (χ2n) is 5.85. The molecule has 3 rings (SSSR count). The summed E-state index contributed by atoms with van der Waals surface area (Å²) < 4.78 is 14.6. The molecule has 1 aliphatic heterocycles. The zero-order chi connectivity index (χ0) is 16.4. The molecule has 2 aromatic rings. The molecule has 122 valence electrons. The van der Waals surface area contributed by atoms with Crippen molar-refractivity contribution in [3.63, 3.8) is 0 Å². The molecule has 0 unspecified atom stereocenters. The number of likely N-dealkylation sites (tertiary alicyclic amines) is 1. The van der Waals surface area contributed by atoms with E-state index in [1.165, 1.54) is 16.8 Å². The Morgan fingerprint density at radius 2 is 1.74 bits per heavy atom. The highest BCUT2D eigenvalue weighted by Crippen LogP contribution is 2.26. The minimum atomic E-state index is -0.324. The monoisotopic (exact) mass is 335 g/mol. The molecule has 0 bridgehead atoms.